The lowest BCUT2D eigenvalue weighted by Crippen LogP contribution is -2.51. The third-order valence-corrected chi connectivity index (χ3v) is 10.3. The molecule has 2 atom stereocenters. The van der Waals surface area contributed by atoms with Crippen LogP contribution in [0.15, 0.2) is 59.9 Å². The summed E-state index contributed by atoms with van der Waals surface area (Å²) in [5.74, 6) is -0.751. The lowest BCUT2D eigenvalue weighted by atomic mass is 9.60. The van der Waals surface area contributed by atoms with E-state index in [2.05, 4.69) is 25.1 Å². The first-order chi connectivity index (χ1) is 20.2. The fourth-order valence-corrected chi connectivity index (χ4v) is 8.26. The molecule has 0 aliphatic heterocycles. The van der Waals surface area contributed by atoms with Gasteiger partial charge in [-0.05, 0) is 80.9 Å². The zero-order chi connectivity index (χ0) is 29.2. The van der Waals surface area contributed by atoms with Gasteiger partial charge >= 0.3 is 0 Å². The van der Waals surface area contributed by atoms with E-state index in [0.29, 0.717) is 37.1 Å². The van der Waals surface area contributed by atoms with Gasteiger partial charge in [-0.2, -0.15) is 13.8 Å². The molecule has 42 heavy (non-hydrogen) atoms. The van der Waals surface area contributed by atoms with Crippen molar-refractivity contribution in [3.8, 4) is 5.69 Å². The molecule has 0 spiro atoms. The van der Waals surface area contributed by atoms with Gasteiger partial charge in [-0.15, -0.1) is 5.10 Å². The Kier molecular flexibility index (Phi) is 6.21. The number of ketones is 1. The van der Waals surface area contributed by atoms with Gasteiger partial charge in [0.2, 0.25) is 5.95 Å². The van der Waals surface area contributed by atoms with Crippen molar-refractivity contribution >= 4 is 21.9 Å². The fraction of sp³-hybridized carbons (Fsp3) is 0.379. The summed E-state index contributed by atoms with van der Waals surface area (Å²) in [6, 6.07) is 6.04. The summed E-state index contributed by atoms with van der Waals surface area (Å²) < 4.78 is 46.4. The molecule has 3 aliphatic rings. The second-order valence-electron chi connectivity index (χ2n) is 11.4. The predicted octanol–water partition coefficient (Wildman–Crippen LogP) is 3.45. The lowest BCUT2D eigenvalue weighted by Gasteiger charge is -2.46. The van der Waals surface area contributed by atoms with Crippen LogP contribution in [0.5, 0.6) is 0 Å². The molecule has 4 aromatic heterocycles. The number of hydrogen-bond acceptors (Lipinski definition) is 8. The van der Waals surface area contributed by atoms with Crippen molar-refractivity contribution in [2.75, 3.05) is 0 Å². The van der Waals surface area contributed by atoms with Crippen LogP contribution < -0.4 is 0 Å². The normalized spacial score (nSPS) is 22.0. The molecule has 0 radical (unpaired) electrons. The Balaban J connectivity index is 1.33. The number of nitrogens with zero attached hydrogens (tertiary/aromatic N) is 8. The Hall–Kier alpha value is -4.10. The molecule has 0 unspecified atom stereocenters. The molecule has 0 saturated heterocycles. The van der Waals surface area contributed by atoms with E-state index in [9.17, 15) is 17.6 Å². The number of halogens is 1. The summed E-state index contributed by atoms with van der Waals surface area (Å²) in [5.41, 5.74) is 3.27. The third kappa shape index (κ3) is 4.38. The molecule has 0 aromatic carbocycles. The molecule has 3 aliphatic carbocycles. The first kappa shape index (κ1) is 26.8. The minimum Gasteiger partial charge on any atom is -0.291 e. The van der Waals surface area contributed by atoms with E-state index in [4.69, 9.17) is 0 Å². The maximum absolute atomic E-state index is 14.5. The summed E-state index contributed by atoms with van der Waals surface area (Å²) in [7, 11) is -2.36. The number of carbonyl (C=O) groups is 1. The second kappa shape index (κ2) is 9.73. The van der Waals surface area contributed by atoms with Crippen molar-refractivity contribution < 1.29 is 17.6 Å². The van der Waals surface area contributed by atoms with Gasteiger partial charge in [0.15, 0.2) is 5.78 Å². The standard InChI is InChI=1S/C29H29FN8O3S/c1-18-7-9-31-24(11-18)27(39)29-14-19-16-34-37(22-8-10-32-26(30)13-22)25(19)12-20(29)3-4-23(15-29)38(21-5-6-21)42(40,41)28-33-17-36(2)35-28/h7-13,16-17,21,23H,3-6,14-15H2,1-2H3/t23-,29-/m0/s1. The van der Waals surface area contributed by atoms with Gasteiger partial charge in [0, 0.05) is 37.6 Å². The molecular weight excluding hydrogens is 559 g/mol. The average molecular weight is 589 g/mol. The minimum absolute atomic E-state index is 0.139. The van der Waals surface area contributed by atoms with Crippen molar-refractivity contribution in [1.29, 1.82) is 0 Å². The van der Waals surface area contributed by atoms with Gasteiger partial charge in [-0.3, -0.25) is 14.5 Å². The highest BCUT2D eigenvalue weighted by atomic mass is 32.2. The van der Waals surface area contributed by atoms with Crippen LogP contribution in [0.4, 0.5) is 4.39 Å². The maximum atomic E-state index is 14.5. The smallest absolute Gasteiger partial charge is 0.282 e. The lowest BCUT2D eigenvalue weighted by molar-refractivity contribution is 0.0733. The molecule has 2 fully saturated rings. The van der Waals surface area contributed by atoms with Gasteiger partial charge in [-0.25, -0.2) is 23.1 Å². The predicted molar refractivity (Wildman–Crippen MR) is 149 cm³/mol. The molecule has 13 heteroatoms. The van der Waals surface area contributed by atoms with Gasteiger partial charge in [-0.1, -0.05) is 5.57 Å². The molecule has 11 nitrogen and oxygen atoms in total. The monoisotopic (exact) mass is 588 g/mol. The zero-order valence-electron chi connectivity index (χ0n) is 23.2. The Morgan fingerprint density at radius 3 is 2.62 bits per heavy atom. The van der Waals surface area contributed by atoms with Crippen molar-refractivity contribution in [3.63, 3.8) is 0 Å². The van der Waals surface area contributed by atoms with Crippen LogP contribution in [0.25, 0.3) is 11.8 Å². The van der Waals surface area contributed by atoms with E-state index in [1.165, 1.54) is 23.3 Å². The zero-order valence-corrected chi connectivity index (χ0v) is 24.0. The summed E-state index contributed by atoms with van der Waals surface area (Å²) in [5, 5.41) is 8.43. The van der Waals surface area contributed by atoms with Crippen LogP contribution in [0.3, 0.4) is 0 Å². The maximum Gasteiger partial charge on any atom is 0.282 e. The van der Waals surface area contributed by atoms with Crippen molar-refractivity contribution in [2.45, 2.75) is 62.7 Å². The number of aryl methyl sites for hydroxylation is 2. The van der Waals surface area contributed by atoms with Gasteiger partial charge in [0.05, 0.1) is 23.0 Å². The molecule has 2 saturated carbocycles. The molecule has 0 bridgehead atoms. The Morgan fingerprint density at radius 1 is 1.10 bits per heavy atom. The van der Waals surface area contributed by atoms with Crippen LogP contribution in [-0.2, 0) is 23.5 Å². The molecule has 4 aromatic rings. The van der Waals surface area contributed by atoms with Gasteiger partial charge in [0.25, 0.3) is 15.2 Å². The van der Waals surface area contributed by atoms with Gasteiger partial charge in [0.1, 0.15) is 12.0 Å². The van der Waals surface area contributed by atoms with Crippen LogP contribution in [0, 0.1) is 18.3 Å². The number of sulfonamides is 1. The first-order valence-electron chi connectivity index (χ1n) is 13.9. The Morgan fingerprint density at radius 2 is 1.90 bits per heavy atom. The number of fused-ring (bicyclic) bond motifs is 2. The molecular formula is C29H29FN8O3S. The minimum atomic E-state index is -3.99. The SMILES string of the molecule is Cc1ccnc(C(=O)[C@]23Cc4cnn(-c5ccnc(F)c5)c4C=C2CC[C@H](N(C2CC2)S(=O)(=O)c2ncn(C)n2)C3)c1. The molecule has 7 rings (SSSR count). The largest absolute Gasteiger partial charge is 0.291 e. The van der Waals surface area contributed by atoms with E-state index >= 15 is 0 Å². The van der Waals surface area contributed by atoms with Crippen LogP contribution in [0.1, 0.15) is 59.4 Å². The number of allylic oxidation sites excluding steroid dienone is 1. The first-order valence-corrected chi connectivity index (χ1v) is 15.4. The van der Waals surface area contributed by atoms with E-state index in [0.717, 1.165) is 35.2 Å². The van der Waals surface area contributed by atoms with Crippen LogP contribution in [0.2, 0.25) is 0 Å². The number of Topliss-reactive ketones (excluding diaryl/α,β-unsaturated/α-hetero) is 1. The van der Waals surface area contributed by atoms with E-state index < -0.39 is 27.4 Å². The summed E-state index contributed by atoms with van der Waals surface area (Å²) in [4.78, 5) is 26.7. The fourth-order valence-electron chi connectivity index (χ4n) is 6.49. The summed E-state index contributed by atoms with van der Waals surface area (Å²) in [6.07, 6.45) is 11.3. The molecule has 4 heterocycles. The Labute approximate surface area is 242 Å². The number of aromatic nitrogens is 7. The van der Waals surface area contributed by atoms with Crippen LogP contribution >= 0.6 is 0 Å². The molecule has 216 valence electrons. The van der Waals surface area contributed by atoms with E-state index in [1.54, 1.807) is 40.6 Å². The summed E-state index contributed by atoms with van der Waals surface area (Å²) >= 11 is 0. The van der Waals surface area contributed by atoms with Crippen molar-refractivity contribution in [1.82, 2.24) is 38.8 Å². The summed E-state index contributed by atoms with van der Waals surface area (Å²) in [6.45, 7) is 1.91. The quantitative estimate of drug-likeness (QED) is 0.237. The highest BCUT2D eigenvalue weighted by Gasteiger charge is 2.54. The highest BCUT2D eigenvalue weighted by molar-refractivity contribution is 7.89. The third-order valence-electron chi connectivity index (χ3n) is 8.53. The van der Waals surface area contributed by atoms with Crippen LogP contribution in [-0.4, -0.2) is 65.1 Å². The molecule has 0 N–H and O–H groups in total. The van der Waals surface area contributed by atoms with Crippen molar-refractivity contribution in [2.24, 2.45) is 12.5 Å². The number of hydrogen-bond donors (Lipinski definition) is 0. The second-order valence-corrected chi connectivity index (χ2v) is 13.2. The average Bonchev–Trinajstić information content (AvgIpc) is 3.54. The van der Waals surface area contributed by atoms with E-state index in [-0.39, 0.29) is 17.0 Å². The van der Waals surface area contributed by atoms with E-state index in [1.807, 2.05) is 19.1 Å². The number of carbonyl (C=O) groups excluding carboxylic acids is 1. The number of pyridine rings is 2. The Bertz CT molecular complexity index is 1860. The highest BCUT2D eigenvalue weighted by Crippen LogP contribution is 2.52. The topological polar surface area (TPSA) is 129 Å². The molecule has 0 amide bonds. The van der Waals surface area contributed by atoms with Crippen molar-refractivity contribution in [3.05, 3.63) is 83.2 Å². The van der Waals surface area contributed by atoms with Gasteiger partial charge < -0.3 is 0 Å². The number of rotatable bonds is 7.